The average Bonchev–Trinajstić information content (AvgIpc) is 2.90. The van der Waals surface area contributed by atoms with Gasteiger partial charge in [0.2, 0.25) is 0 Å². The first-order chi connectivity index (χ1) is 10.3. The molecule has 1 aromatic heterocycles. The van der Waals surface area contributed by atoms with E-state index in [1.54, 1.807) is 0 Å². The van der Waals surface area contributed by atoms with Gasteiger partial charge >= 0.3 is 0 Å². The Bertz CT molecular complexity index is 729. The van der Waals surface area contributed by atoms with Gasteiger partial charge in [0.05, 0.1) is 6.61 Å². The van der Waals surface area contributed by atoms with Crippen LogP contribution in [0.15, 0.2) is 59.0 Å². The molecule has 0 bridgehead atoms. The summed E-state index contributed by atoms with van der Waals surface area (Å²) in [5.41, 5.74) is 3.09. The lowest BCUT2D eigenvalue weighted by atomic mass is 10.1. The van der Waals surface area contributed by atoms with E-state index in [-0.39, 0.29) is 6.61 Å². The highest BCUT2D eigenvalue weighted by molar-refractivity contribution is 5.78. The summed E-state index contributed by atoms with van der Waals surface area (Å²) < 4.78 is 11.1. The Kier molecular flexibility index (Phi) is 4.12. The van der Waals surface area contributed by atoms with Crippen molar-refractivity contribution in [2.75, 3.05) is 6.61 Å². The van der Waals surface area contributed by atoms with Gasteiger partial charge in [-0.2, -0.15) is 0 Å². The van der Waals surface area contributed by atoms with Crippen molar-refractivity contribution in [2.24, 2.45) is 0 Å². The largest absolute Gasteiger partial charge is 0.461 e. The van der Waals surface area contributed by atoms with E-state index < -0.39 is 0 Å². The van der Waals surface area contributed by atoms with Gasteiger partial charge in [-0.05, 0) is 23.3 Å². The minimum Gasteiger partial charge on any atom is -0.461 e. The van der Waals surface area contributed by atoms with Crippen LogP contribution in [0.25, 0.3) is 11.0 Å². The van der Waals surface area contributed by atoms with Gasteiger partial charge in [0, 0.05) is 11.8 Å². The zero-order valence-corrected chi connectivity index (χ0v) is 11.6. The Morgan fingerprint density at radius 3 is 2.67 bits per heavy atom. The zero-order valence-electron chi connectivity index (χ0n) is 11.6. The summed E-state index contributed by atoms with van der Waals surface area (Å²) in [6, 6.07) is 18.3. The summed E-state index contributed by atoms with van der Waals surface area (Å²) in [4.78, 5) is 10.2. The highest BCUT2D eigenvalue weighted by atomic mass is 16.5. The van der Waals surface area contributed by atoms with Crippen molar-refractivity contribution < 1.29 is 13.9 Å². The molecule has 0 aliphatic carbocycles. The van der Waals surface area contributed by atoms with Crippen LogP contribution in [0.5, 0.6) is 0 Å². The second-order valence-electron chi connectivity index (χ2n) is 4.93. The maximum atomic E-state index is 10.2. The number of rotatable bonds is 6. The number of carbonyl (C=O) groups is 1. The quantitative estimate of drug-likeness (QED) is 0.510. The lowest BCUT2D eigenvalue weighted by molar-refractivity contribution is -0.112. The predicted octanol–water partition coefficient (Wildman–Crippen LogP) is 3.74. The summed E-state index contributed by atoms with van der Waals surface area (Å²) in [5.74, 6) is 0.946. The van der Waals surface area contributed by atoms with E-state index in [4.69, 9.17) is 9.15 Å². The molecule has 0 radical (unpaired) electrons. The minimum atomic E-state index is 0.120. The number of hydrogen-bond acceptors (Lipinski definition) is 3. The molecule has 0 amide bonds. The van der Waals surface area contributed by atoms with Crippen molar-refractivity contribution in [2.45, 2.75) is 13.0 Å². The van der Waals surface area contributed by atoms with Gasteiger partial charge in [0.15, 0.2) is 0 Å². The maximum absolute atomic E-state index is 10.2. The highest BCUT2D eigenvalue weighted by Crippen LogP contribution is 2.23. The van der Waals surface area contributed by atoms with Gasteiger partial charge in [0.1, 0.15) is 24.2 Å². The molecule has 2 aromatic carbocycles. The van der Waals surface area contributed by atoms with Crippen LogP contribution in [0.1, 0.15) is 16.9 Å². The monoisotopic (exact) mass is 280 g/mol. The van der Waals surface area contributed by atoms with E-state index in [2.05, 4.69) is 18.2 Å². The van der Waals surface area contributed by atoms with Crippen LogP contribution in [-0.4, -0.2) is 12.9 Å². The van der Waals surface area contributed by atoms with Gasteiger partial charge in [-0.1, -0.05) is 42.5 Å². The third-order valence-corrected chi connectivity index (χ3v) is 3.31. The molecule has 0 unspecified atom stereocenters. The van der Waals surface area contributed by atoms with Crippen molar-refractivity contribution in [3.63, 3.8) is 0 Å². The van der Waals surface area contributed by atoms with Crippen molar-refractivity contribution in [3.8, 4) is 0 Å². The fourth-order valence-corrected chi connectivity index (χ4v) is 2.33. The molecule has 3 nitrogen and oxygen atoms in total. The topological polar surface area (TPSA) is 39.4 Å². The second-order valence-corrected chi connectivity index (χ2v) is 4.93. The number of ether oxygens (including phenoxy) is 1. The van der Waals surface area contributed by atoms with Crippen LogP contribution >= 0.6 is 0 Å². The number of hydrogen-bond donors (Lipinski definition) is 0. The zero-order chi connectivity index (χ0) is 14.5. The lowest BCUT2D eigenvalue weighted by Crippen LogP contribution is -1.95. The van der Waals surface area contributed by atoms with E-state index in [1.807, 2.05) is 36.4 Å². The first-order valence-electron chi connectivity index (χ1n) is 6.92. The molecule has 3 rings (SSSR count). The molecule has 0 atom stereocenters. The van der Waals surface area contributed by atoms with Crippen LogP contribution in [-0.2, 0) is 22.6 Å². The highest BCUT2D eigenvalue weighted by Gasteiger charge is 2.06. The molecule has 21 heavy (non-hydrogen) atoms. The van der Waals surface area contributed by atoms with E-state index in [1.165, 1.54) is 5.56 Å². The Balaban J connectivity index is 1.78. The number of aldehydes is 1. The Morgan fingerprint density at radius 1 is 1.00 bits per heavy atom. The molecule has 0 aliphatic heterocycles. The van der Waals surface area contributed by atoms with Gasteiger partial charge in [-0.15, -0.1) is 0 Å². The summed E-state index contributed by atoms with van der Waals surface area (Å²) in [6.07, 6.45) is 1.54. The van der Waals surface area contributed by atoms with Gasteiger partial charge in [-0.25, -0.2) is 0 Å². The lowest BCUT2D eigenvalue weighted by Gasteiger charge is -2.00. The maximum Gasteiger partial charge on any atom is 0.145 e. The molecule has 0 N–H and O–H groups in total. The summed E-state index contributed by atoms with van der Waals surface area (Å²) in [6.45, 7) is 0.541. The molecule has 3 aromatic rings. The molecule has 1 heterocycles. The van der Waals surface area contributed by atoms with E-state index in [9.17, 15) is 4.79 Å². The predicted molar refractivity (Wildman–Crippen MR) is 81.2 cm³/mol. The molecular formula is C18H16O3. The normalized spacial score (nSPS) is 10.9. The van der Waals surface area contributed by atoms with Gasteiger partial charge in [-0.3, -0.25) is 0 Å². The second kappa shape index (κ2) is 6.37. The minimum absolute atomic E-state index is 0.120. The standard InChI is InChI=1S/C18H16O3/c19-8-9-20-13-15-6-7-16-12-17(21-18(16)11-15)10-14-4-2-1-3-5-14/h1-8,11-12H,9-10,13H2. The van der Waals surface area contributed by atoms with Crippen LogP contribution in [0.4, 0.5) is 0 Å². The van der Waals surface area contributed by atoms with E-state index in [0.717, 1.165) is 35.0 Å². The number of carbonyl (C=O) groups excluding carboxylic acids is 1. The van der Waals surface area contributed by atoms with Crippen molar-refractivity contribution in [1.82, 2.24) is 0 Å². The molecule has 3 heteroatoms. The summed E-state index contributed by atoms with van der Waals surface area (Å²) in [5, 5.41) is 1.08. The van der Waals surface area contributed by atoms with Crippen LogP contribution in [0.2, 0.25) is 0 Å². The third-order valence-electron chi connectivity index (χ3n) is 3.31. The van der Waals surface area contributed by atoms with E-state index >= 15 is 0 Å². The molecule has 106 valence electrons. The molecular weight excluding hydrogens is 264 g/mol. The van der Waals surface area contributed by atoms with Crippen molar-refractivity contribution >= 4 is 17.3 Å². The molecule has 0 saturated carbocycles. The fraction of sp³-hybridized carbons (Fsp3) is 0.167. The fourth-order valence-electron chi connectivity index (χ4n) is 2.33. The average molecular weight is 280 g/mol. The molecule has 0 fully saturated rings. The van der Waals surface area contributed by atoms with Crippen LogP contribution in [0.3, 0.4) is 0 Å². The number of fused-ring (bicyclic) bond motifs is 1. The van der Waals surface area contributed by atoms with Gasteiger partial charge < -0.3 is 13.9 Å². The van der Waals surface area contributed by atoms with Crippen LogP contribution < -0.4 is 0 Å². The van der Waals surface area contributed by atoms with Crippen molar-refractivity contribution in [1.29, 1.82) is 0 Å². The Labute approximate surface area is 123 Å². The SMILES string of the molecule is O=CCOCc1ccc2cc(Cc3ccccc3)oc2c1. The number of furan rings is 1. The first kappa shape index (κ1) is 13.6. The number of benzene rings is 2. The smallest absolute Gasteiger partial charge is 0.145 e. The summed E-state index contributed by atoms with van der Waals surface area (Å²) in [7, 11) is 0. The first-order valence-corrected chi connectivity index (χ1v) is 6.92. The molecule has 0 saturated heterocycles. The van der Waals surface area contributed by atoms with Crippen LogP contribution in [0, 0.1) is 0 Å². The molecule has 0 aliphatic rings. The van der Waals surface area contributed by atoms with Crippen molar-refractivity contribution in [3.05, 3.63) is 71.5 Å². The third kappa shape index (κ3) is 3.38. The Hall–Kier alpha value is -2.39. The Morgan fingerprint density at radius 2 is 1.86 bits per heavy atom. The molecule has 0 spiro atoms. The van der Waals surface area contributed by atoms with Gasteiger partial charge in [0.25, 0.3) is 0 Å². The summed E-state index contributed by atoms with van der Waals surface area (Å²) >= 11 is 0. The van der Waals surface area contributed by atoms with E-state index in [0.29, 0.717) is 6.61 Å².